The molecule has 1 spiro atoms. The van der Waals surface area contributed by atoms with Crippen molar-refractivity contribution in [3.8, 4) is 0 Å². The van der Waals surface area contributed by atoms with Gasteiger partial charge in [0.05, 0.1) is 0 Å². The summed E-state index contributed by atoms with van der Waals surface area (Å²) in [4.78, 5) is 0. The Morgan fingerprint density at radius 2 is 1.62 bits per heavy atom. The Morgan fingerprint density at radius 3 is 2.38 bits per heavy atom. The molecule has 5 aliphatic heterocycles. The van der Waals surface area contributed by atoms with E-state index in [-0.39, 0.29) is 0 Å². The van der Waals surface area contributed by atoms with Crippen LogP contribution in [0.5, 0.6) is 0 Å². The van der Waals surface area contributed by atoms with Gasteiger partial charge in [-0.05, 0) is 27.7 Å². The fourth-order valence-corrected chi connectivity index (χ4v) is 4.04. The molecule has 5 heterocycles. The SMILES string of the molecule is CC1(C)O[C@H]2O[C@@]3(CCC4=C(O3)[C@H]3OC(C)(C)O[C@H]3O4)[C@@H](O)[C@H]2O1. The van der Waals surface area contributed by atoms with Gasteiger partial charge in [-0.2, -0.15) is 0 Å². The molecule has 0 bridgehead atoms. The molecular weight excluding hydrogens is 320 g/mol. The lowest BCUT2D eigenvalue weighted by atomic mass is 9.98. The lowest BCUT2D eigenvalue weighted by Crippen LogP contribution is -2.49. The zero-order valence-electron chi connectivity index (χ0n) is 14.1. The van der Waals surface area contributed by atoms with E-state index in [9.17, 15) is 5.11 Å². The highest BCUT2D eigenvalue weighted by molar-refractivity contribution is 5.21. The van der Waals surface area contributed by atoms with Gasteiger partial charge < -0.3 is 38.3 Å². The maximum Gasteiger partial charge on any atom is 0.242 e. The molecule has 134 valence electrons. The lowest BCUT2D eigenvalue weighted by Gasteiger charge is -2.38. The summed E-state index contributed by atoms with van der Waals surface area (Å²) >= 11 is 0. The summed E-state index contributed by atoms with van der Waals surface area (Å²) in [5, 5.41) is 10.8. The van der Waals surface area contributed by atoms with E-state index in [1.54, 1.807) is 13.8 Å². The average Bonchev–Trinajstić information content (AvgIpc) is 3.10. The number of hydrogen-bond donors (Lipinski definition) is 1. The molecule has 5 rings (SSSR count). The van der Waals surface area contributed by atoms with Gasteiger partial charge in [-0.15, -0.1) is 0 Å². The highest BCUT2D eigenvalue weighted by Gasteiger charge is 2.66. The second-order valence-electron chi connectivity index (χ2n) is 7.77. The monoisotopic (exact) mass is 342 g/mol. The molecular formula is C16H22O8. The molecule has 8 heteroatoms. The summed E-state index contributed by atoms with van der Waals surface area (Å²) in [7, 11) is 0. The van der Waals surface area contributed by atoms with Crippen LogP contribution in [0.2, 0.25) is 0 Å². The van der Waals surface area contributed by atoms with Crippen molar-refractivity contribution in [2.45, 2.75) is 88.8 Å². The first kappa shape index (κ1) is 15.4. The van der Waals surface area contributed by atoms with E-state index in [4.69, 9.17) is 33.2 Å². The largest absolute Gasteiger partial charge is 0.462 e. The third-order valence-corrected chi connectivity index (χ3v) is 5.00. The first-order valence-corrected chi connectivity index (χ1v) is 8.34. The van der Waals surface area contributed by atoms with Crippen molar-refractivity contribution in [1.29, 1.82) is 0 Å². The summed E-state index contributed by atoms with van der Waals surface area (Å²) in [5.41, 5.74) is 0. The first-order chi connectivity index (χ1) is 11.2. The van der Waals surface area contributed by atoms with E-state index in [1.165, 1.54) is 0 Å². The zero-order valence-corrected chi connectivity index (χ0v) is 14.1. The van der Waals surface area contributed by atoms with E-state index in [1.807, 2.05) is 13.8 Å². The van der Waals surface area contributed by atoms with Gasteiger partial charge in [-0.1, -0.05) is 0 Å². The van der Waals surface area contributed by atoms with Crippen molar-refractivity contribution >= 4 is 0 Å². The smallest absolute Gasteiger partial charge is 0.242 e. The summed E-state index contributed by atoms with van der Waals surface area (Å²) in [6.07, 6.45) is -2.19. The van der Waals surface area contributed by atoms with Gasteiger partial charge in [-0.3, -0.25) is 0 Å². The second-order valence-corrected chi connectivity index (χ2v) is 7.77. The Morgan fingerprint density at radius 1 is 0.917 bits per heavy atom. The summed E-state index contributed by atoms with van der Waals surface area (Å²) in [5.74, 6) is -1.51. The number of allylic oxidation sites excluding steroid dienone is 1. The van der Waals surface area contributed by atoms with Crippen LogP contribution in [0.3, 0.4) is 0 Å². The topological polar surface area (TPSA) is 84.8 Å². The minimum Gasteiger partial charge on any atom is -0.462 e. The molecule has 0 unspecified atom stereocenters. The molecule has 0 aromatic heterocycles. The number of fused-ring (bicyclic) bond motifs is 3. The molecule has 8 nitrogen and oxygen atoms in total. The van der Waals surface area contributed by atoms with Crippen molar-refractivity contribution in [3.63, 3.8) is 0 Å². The molecule has 0 aliphatic carbocycles. The number of hydrogen-bond acceptors (Lipinski definition) is 8. The quantitative estimate of drug-likeness (QED) is 0.700. The number of ether oxygens (including phenoxy) is 7. The molecule has 24 heavy (non-hydrogen) atoms. The van der Waals surface area contributed by atoms with E-state index in [0.717, 1.165) is 0 Å². The van der Waals surface area contributed by atoms with Crippen LogP contribution >= 0.6 is 0 Å². The maximum absolute atomic E-state index is 10.8. The van der Waals surface area contributed by atoms with Crippen LogP contribution in [0.1, 0.15) is 40.5 Å². The Labute approximate surface area is 139 Å². The third kappa shape index (κ3) is 2.01. The van der Waals surface area contributed by atoms with E-state index >= 15 is 0 Å². The lowest BCUT2D eigenvalue weighted by molar-refractivity contribution is -0.314. The fourth-order valence-electron chi connectivity index (χ4n) is 4.04. The van der Waals surface area contributed by atoms with Crippen LogP contribution in [-0.2, 0) is 33.2 Å². The third-order valence-electron chi connectivity index (χ3n) is 5.00. The predicted octanol–water partition coefficient (Wildman–Crippen LogP) is 1.08. The van der Waals surface area contributed by atoms with Crippen molar-refractivity contribution < 1.29 is 38.3 Å². The zero-order chi connectivity index (χ0) is 16.9. The van der Waals surface area contributed by atoms with Crippen LogP contribution in [0.15, 0.2) is 11.5 Å². The average molecular weight is 342 g/mol. The highest BCUT2D eigenvalue weighted by atomic mass is 16.9. The van der Waals surface area contributed by atoms with Gasteiger partial charge in [-0.25, -0.2) is 0 Å². The number of rotatable bonds is 0. The molecule has 0 saturated carbocycles. The molecule has 0 radical (unpaired) electrons. The standard InChI is InChI=1S/C16H22O8/c1-14(2)19-9-8-7(18-12(9)22-14)5-6-16(21-8)11(17)10-13(24-16)23-15(3,4)20-10/h9-13,17H,5-6H2,1-4H3/t9-,10-,11+,12-,13+,16+/m1/s1. The summed E-state index contributed by atoms with van der Waals surface area (Å²) in [6, 6.07) is 0. The van der Waals surface area contributed by atoms with Gasteiger partial charge in [0.1, 0.15) is 11.9 Å². The predicted molar refractivity (Wildman–Crippen MR) is 75.9 cm³/mol. The minimum absolute atomic E-state index is 0.440. The number of aliphatic hydroxyl groups excluding tert-OH is 1. The second kappa shape index (κ2) is 4.44. The number of aliphatic hydroxyl groups is 1. The minimum atomic E-state index is -1.21. The van der Waals surface area contributed by atoms with E-state index in [2.05, 4.69) is 0 Å². The van der Waals surface area contributed by atoms with E-state index in [0.29, 0.717) is 24.4 Å². The van der Waals surface area contributed by atoms with Crippen LogP contribution in [-0.4, -0.2) is 53.4 Å². The Bertz CT molecular complexity index is 613. The Kier molecular flexibility index (Phi) is 2.84. The van der Waals surface area contributed by atoms with Crippen LogP contribution in [0.25, 0.3) is 0 Å². The van der Waals surface area contributed by atoms with Crippen LogP contribution in [0, 0.1) is 0 Å². The first-order valence-electron chi connectivity index (χ1n) is 8.34. The summed E-state index contributed by atoms with van der Waals surface area (Å²) in [6.45, 7) is 7.22. The molecule has 0 aromatic carbocycles. The molecule has 0 amide bonds. The van der Waals surface area contributed by atoms with Gasteiger partial charge in [0.25, 0.3) is 0 Å². The van der Waals surface area contributed by atoms with Crippen LogP contribution < -0.4 is 0 Å². The van der Waals surface area contributed by atoms with Crippen molar-refractivity contribution in [2.24, 2.45) is 0 Å². The Hall–Kier alpha value is -0.900. The molecule has 1 N–H and O–H groups in total. The van der Waals surface area contributed by atoms with Gasteiger partial charge in [0, 0.05) is 12.8 Å². The Balaban J connectivity index is 1.40. The van der Waals surface area contributed by atoms with E-state index < -0.39 is 48.3 Å². The molecule has 5 aliphatic rings. The normalized spacial score (nSPS) is 50.5. The van der Waals surface area contributed by atoms with Crippen LogP contribution in [0.4, 0.5) is 0 Å². The van der Waals surface area contributed by atoms with Crippen molar-refractivity contribution in [3.05, 3.63) is 11.5 Å². The fraction of sp³-hybridized carbons (Fsp3) is 0.875. The molecule has 3 saturated heterocycles. The highest BCUT2D eigenvalue weighted by Crippen LogP contribution is 2.52. The molecule has 0 aromatic rings. The van der Waals surface area contributed by atoms with Crippen molar-refractivity contribution in [2.75, 3.05) is 0 Å². The van der Waals surface area contributed by atoms with Gasteiger partial charge in [0.15, 0.2) is 35.8 Å². The van der Waals surface area contributed by atoms with Gasteiger partial charge in [0.2, 0.25) is 12.1 Å². The summed E-state index contributed by atoms with van der Waals surface area (Å²) < 4.78 is 40.9. The van der Waals surface area contributed by atoms with Crippen molar-refractivity contribution in [1.82, 2.24) is 0 Å². The maximum atomic E-state index is 10.8. The molecule has 3 fully saturated rings. The van der Waals surface area contributed by atoms with Gasteiger partial charge >= 0.3 is 0 Å². The molecule has 6 atom stereocenters.